The Hall–Kier alpha value is -1.98. The van der Waals surface area contributed by atoms with E-state index in [0.29, 0.717) is 19.7 Å². The minimum atomic E-state index is 0.0209. The molecule has 0 spiro atoms. The van der Waals surface area contributed by atoms with E-state index in [1.54, 1.807) is 18.9 Å². The molecule has 132 valence electrons. The summed E-state index contributed by atoms with van der Waals surface area (Å²) in [6.45, 7) is 1.84. The number of methoxy groups -OCH3 is 1. The molecule has 0 N–H and O–H groups in total. The van der Waals surface area contributed by atoms with E-state index in [-0.39, 0.29) is 12.0 Å². The molecule has 0 bridgehead atoms. The molecule has 1 fully saturated rings. The van der Waals surface area contributed by atoms with E-state index in [1.165, 1.54) is 5.56 Å². The van der Waals surface area contributed by atoms with Gasteiger partial charge in [0.15, 0.2) is 0 Å². The smallest absolute Gasteiger partial charge is 0.255 e. The Morgan fingerprint density at radius 1 is 1.24 bits per heavy atom. The quantitative estimate of drug-likeness (QED) is 0.768. The standard InChI is InChI=1S/C20H23NO3S/c1-23-16-9-7-15(8-10-16)13-17-14-21(11-12-24-17)20(22)18-5-3-4-6-19(18)25-2/h3-10,17H,11-14H2,1-2H3/t17-/m1/s1. The number of nitrogens with zero attached hydrogens (tertiary/aromatic N) is 1. The third-order valence-electron chi connectivity index (χ3n) is 4.39. The Morgan fingerprint density at radius 2 is 2.00 bits per heavy atom. The lowest BCUT2D eigenvalue weighted by Crippen LogP contribution is -2.46. The summed E-state index contributed by atoms with van der Waals surface area (Å²) in [7, 11) is 1.66. The zero-order chi connectivity index (χ0) is 17.6. The number of amides is 1. The molecular formula is C20H23NO3S. The molecule has 0 saturated carbocycles. The van der Waals surface area contributed by atoms with Gasteiger partial charge in [0.25, 0.3) is 5.91 Å². The number of rotatable bonds is 5. The second-order valence-corrected chi connectivity index (χ2v) is 6.84. The van der Waals surface area contributed by atoms with E-state index >= 15 is 0 Å². The number of thioether (sulfide) groups is 1. The molecule has 0 aliphatic carbocycles. The molecule has 0 radical (unpaired) electrons. The minimum Gasteiger partial charge on any atom is -0.497 e. The van der Waals surface area contributed by atoms with Gasteiger partial charge in [-0.2, -0.15) is 0 Å². The van der Waals surface area contributed by atoms with Crippen LogP contribution in [0.2, 0.25) is 0 Å². The van der Waals surface area contributed by atoms with Crippen LogP contribution in [0.1, 0.15) is 15.9 Å². The van der Waals surface area contributed by atoms with Crippen molar-refractivity contribution >= 4 is 17.7 Å². The van der Waals surface area contributed by atoms with E-state index in [9.17, 15) is 4.79 Å². The van der Waals surface area contributed by atoms with Gasteiger partial charge in [0.1, 0.15) is 5.75 Å². The van der Waals surface area contributed by atoms with Gasteiger partial charge < -0.3 is 14.4 Å². The van der Waals surface area contributed by atoms with Crippen LogP contribution < -0.4 is 4.74 Å². The summed E-state index contributed by atoms with van der Waals surface area (Å²) in [5.41, 5.74) is 1.96. The Bertz CT molecular complexity index is 717. The summed E-state index contributed by atoms with van der Waals surface area (Å²) >= 11 is 1.60. The molecule has 1 atom stereocenters. The molecule has 2 aromatic rings. The van der Waals surface area contributed by atoms with Crippen LogP contribution in [0.25, 0.3) is 0 Å². The lowest BCUT2D eigenvalue weighted by Gasteiger charge is -2.33. The molecule has 1 aliphatic rings. The average molecular weight is 357 g/mol. The minimum absolute atomic E-state index is 0.0209. The zero-order valence-corrected chi connectivity index (χ0v) is 15.4. The number of carbonyl (C=O) groups is 1. The van der Waals surface area contributed by atoms with Crippen molar-refractivity contribution < 1.29 is 14.3 Å². The Balaban J connectivity index is 1.66. The number of hydrogen-bond donors (Lipinski definition) is 0. The van der Waals surface area contributed by atoms with Gasteiger partial charge in [-0.05, 0) is 36.1 Å². The second-order valence-electron chi connectivity index (χ2n) is 6.00. The molecule has 1 aliphatic heterocycles. The highest BCUT2D eigenvalue weighted by atomic mass is 32.2. The molecular weight excluding hydrogens is 334 g/mol. The molecule has 4 nitrogen and oxygen atoms in total. The highest BCUT2D eigenvalue weighted by Crippen LogP contribution is 2.23. The first-order valence-corrected chi connectivity index (χ1v) is 9.60. The summed E-state index contributed by atoms with van der Waals surface area (Å²) in [5.74, 6) is 0.937. The van der Waals surface area contributed by atoms with Crippen molar-refractivity contribution in [2.75, 3.05) is 33.1 Å². The molecule has 0 unspecified atom stereocenters. The van der Waals surface area contributed by atoms with Crippen molar-refractivity contribution in [3.05, 3.63) is 59.7 Å². The predicted molar refractivity (Wildman–Crippen MR) is 101 cm³/mol. The Kier molecular flexibility index (Phi) is 6.00. The average Bonchev–Trinajstić information content (AvgIpc) is 2.68. The van der Waals surface area contributed by atoms with Crippen molar-refractivity contribution in [1.82, 2.24) is 4.90 Å². The zero-order valence-electron chi connectivity index (χ0n) is 14.6. The summed E-state index contributed by atoms with van der Waals surface area (Å²) in [6.07, 6.45) is 2.81. The fraction of sp³-hybridized carbons (Fsp3) is 0.350. The van der Waals surface area contributed by atoms with Crippen molar-refractivity contribution in [1.29, 1.82) is 0 Å². The van der Waals surface area contributed by atoms with Gasteiger partial charge in [-0.15, -0.1) is 11.8 Å². The molecule has 5 heteroatoms. The van der Waals surface area contributed by atoms with Crippen molar-refractivity contribution in [2.45, 2.75) is 17.4 Å². The van der Waals surface area contributed by atoms with E-state index in [2.05, 4.69) is 0 Å². The topological polar surface area (TPSA) is 38.8 Å². The first kappa shape index (κ1) is 17.8. The molecule has 1 amide bonds. The lowest BCUT2D eigenvalue weighted by molar-refractivity contribution is -0.0209. The van der Waals surface area contributed by atoms with Gasteiger partial charge in [-0.25, -0.2) is 0 Å². The molecule has 2 aromatic carbocycles. The summed E-state index contributed by atoms with van der Waals surface area (Å²) in [4.78, 5) is 15.8. The SMILES string of the molecule is COc1ccc(C[C@@H]2CN(C(=O)c3ccccc3SC)CCO2)cc1. The fourth-order valence-electron chi connectivity index (χ4n) is 3.04. The highest BCUT2D eigenvalue weighted by molar-refractivity contribution is 7.98. The van der Waals surface area contributed by atoms with Crippen LogP contribution in [0.4, 0.5) is 0 Å². The van der Waals surface area contributed by atoms with Crippen LogP contribution in [-0.4, -0.2) is 50.0 Å². The Labute approximate surface area is 153 Å². The largest absolute Gasteiger partial charge is 0.497 e. The van der Waals surface area contributed by atoms with Crippen molar-refractivity contribution in [3.8, 4) is 5.75 Å². The second kappa shape index (κ2) is 8.41. The maximum absolute atomic E-state index is 12.9. The maximum atomic E-state index is 12.9. The van der Waals surface area contributed by atoms with Crippen LogP contribution in [0.3, 0.4) is 0 Å². The van der Waals surface area contributed by atoms with Gasteiger partial charge in [-0.3, -0.25) is 4.79 Å². The first-order valence-electron chi connectivity index (χ1n) is 8.38. The van der Waals surface area contributed by atoms with Gasteiger partial charge in [0, 0.05) is 24.4 Å². The number of ether oxygens (including phenoxy) is 2. The number of morpholine rings is 1. The van der Waals surface area contributed by atoms with Gasteiger partial charge >= 0.3 is 0 Å². The van der Waals surface area contributed by atoms with E-state index < -0.39 is 0 Å². The van der Waals surface area contributed by atoms with E-state index in [1.807, 2.05) is 59.7 Å². The van der Waals surface area contributed by atoms with Crippen LogP contribution >= 0.6 is 11.8 Å². The third-order valence-corrected chi connectivity index (χ3v) is 5.18. The lowest BCUT2D eigenvalue weighted by atomic mass is 10.1. The highest BCUT2D eigenvalue weighted by Gasteiger charge is 2.26. The molecule has 1 heterocycles. The van der Waals surface area contributed by atoms with E-state index in [4.69, 9.17) is 9.47 Å². The summed E-state index contributed by atoms with van der Waals surface area (Å²) in [6, 6.07) is 15.8. The molecule has 25 heavy (non-hydrogen) atoms. The van der Waals surface area contributed by atoms with Gasteiger partial charge in [-0.1, -0.05) is 24.3 Å². The molecule has 1 saturated heterocycles. The third kappa shape index (κ3) is 4.35. The van der Waals surface area contributed by atoms with Gasteiger partial charge in [0.2, 0.25) is 0 Å². The van der Waals surface area contributed by atoms with Crippen LogP contribution in [-0.2, 0) is 11.2 Å². The first-order chi connectivity index (χ1) is 12.2. The van der Waals surface area contributed by atoms with Crippen molar-refractivity contribution in [2.24, 2.45) is 0 Å². The van der Waals surface area contributed by atoms with Crippen LogP contribution in [0.5, 0.6) is 5.75 Å². The van der Waals surface area contributed by atoms with Gasteiger partial charge in [0.05, 0.1) is 25.4 Å². The maximum Gasteiger partial charge on any atom is 0.255 e. The van der Waals surface area contributed by atoms with Crippen molar-refractivity contribution in [3.63, 3.8) is 0 Å². The van der Waals surface area contributed by atoms with Crippen LogP contribution in [0, 0.1) is 0 Å². The van der Waals surface area contributed by atoms with E-state index in [0.717, 1.165) is 22.6 Å². The fourth-order valence-corrected chi connectivity index (χ4v) is 3.63. The monoisotopic (exact) mass is 357 g/mol. The number of hydrogen-bond acceptors (Lipinski definition) is 4. The normalized spacial score (nSPS) is 17.4. The predicted octanol–water partition coefficient (Wildman–Crippen LogP) is 3.50. The molecule has 0 aromatic heterocycles. The summed E-state index contributed by atoms with van der Waals surface area (Å²) in [5, 5.41) is 0. The summed E-state index contributed by atoms with van der Waals surface area (Å²) < 4.78 is 11.1. The number of carbonyl (C=O) groups excluding carboxylic acids is 1. The Morgan fingerprint density at radius 3 is 2.72 bits per heavy atom. The van der Waals surface area contributed by atoms with Crippen LogP contribution in [0.15, 0.2) is 53.4 Å². The molecule has 3 rings (SSSR count). The number of benzene rings is 2.